The maximum atomic E-state index is 5.13. The molecule has 9 heavy (non-hydrogen) atoms. The zero-order valence-electron chi connectivity index (χ0n) is 6.19. The number of hydrogen-bond acceptors (Lipinski definition) is 1. The molecule has 2 radical (unpaired) electrons. The van der Waals surface area contributed by atoms with Crippen LogP contribution in [-0.2, 0) is 4.74 Å². The second-order valence-electron chi connectivity index (χ2n) is 1.61. The first kappa shape index (κ1) is 12.4. The predicted octanol–water partition coefficient (Wildman–Crippen LogP) is 2.33. The number of hydrogen-bond donors (Lipinski definition) is 0. The fourth-order valence-corrected chi connectivity index (χ4v) is 0.391. The lowest BCUT2D eigenvalue weighted by atomic mass is 10.5. The lowest BCUT2D eigenvalue weighted by molar-refractivity contribution is 0.135. The van der Waals surface area contributed by atoms with E-state index in [1.54, 1.807) is 22.4 Å². The number of ether oxygens (including phenoxy) is 1. The Morgan fingerprint density at radius 1 is 1.11 bits per heavy atom. The second-order valence-corrected chi connectivity index (χ2v) is 1.61. The fourth-order valence-electron chi connectivity index (χ4n) is 0.391. The summed E-state index contributed by atoms with van der Waals surface area (Å²) in [7, 11) is 0. The van der Waals surface area contributed by atoms with Crippen LogP contribution >= 0.6 is 22.4 Å². The van der Waals surface area contributed by atoms with Crippen LogP contribution in [-0.4, -0.2) is 18.9 Å². The maximum Gasteiger partial charge on any atom is 0.169 e. The molecule has 54 valence electrons. The topological polar surface area (TPSA) is 9.23 Å². The Kier molecular flexibility index (Phi) is 22.0. The van der Waals surface area contributed by atoms with E-state index in [1.165, 1.54) is 0 Å². The van der Waals surface area contributed by atoms with Gasteiger partial charge in [-0.3, -0.25) is 0 Å². The summed E-state index contributed by atoms with van der Waals surface area (Å²) in [4.78, 5) is 0. The summed E-state index contributed by atoms with van der Waals surface area (Å²) in [5.74, 6) is 0. The zero-order valence-corrected chi connectivity index (χ0v) is 8.35. The van der Waals surface area contributed by atoms with E-state index in [1.807, 2.05) is 0 Å². The molecule has 0 bridgehead atoms. The van der Waals surface area contributed by atoms with Crippen molar-refractivity contribution >= 4 is 28.1 Å². The van der Waals surface area contributed by atoms with Gasteiger partial charge in [-0.25, -0.2) is 0 Å². The van der Waals surface area contributed by atoms with E-state index in [-0.39, 0.29) is 0 Å². The molecule has 0 amide bonds. The van der Waals surface area contributed by atoms with Crippen molar-refractivity contribution in [1.82, 2.24) is 0 Å². The molecule has 0 heterocycles. The minimum Gasteiger partial charge on any atom is -0.381 e. The van der Waals surface area contributed by atoms with Crippen molar-refractivity contribution in [2.75, 3.05) is 13.2 Å². The van der Waals surface area contributed by atoms with E-state index < -0.39 is 0 Å². The summed E-state index contributed by atoms with van der Waals surface area (Å²) in [5, 5.41) is 0. The summed E-state index contributed by atoms with van der Waals surface area (Å²) < 4.78 is 5.13. The zero-order chi connectivity index (χ0) is 7.54. The van der Waals surface area contributed by atoms with Crippen LogP contribution in [0.25, 0.3) is 0 Å². The summed E-state index contributed by atoms with van der Waals surface area (Å²) in [6.45, 7) is 6.09. The Labute approximate surface area is 72.8 Å². The van der Waals surface area contributed by atoms with Crippen molar-refractivity contribution in [2.24, 2.45) is 0 Å². The Morgan fingerprint density at radius 3 is 1.67 bits per heavy atom. The van der Waals surface area contributed by atoms with Crippen LogP contribution in [0.1, 0.15) is 26.7 Å². The standard InChI is InChI=1S/C6H14O.BI/c1-3-5-7-6-4-2;1-2/h3-6H2,1-2H3;. The third-order valence-electron chi connectivity index (χ3n) is 0.697. The van der Waals surface area contributed by atoms with Crippen molar-refractivity contribution in [2.45, 2.75) is 26.7 Å². The van der Waals surface area contributed by atoms with Crippen molar-refractivity contribution in [1.29, 1.82) is 0 Å². The van der Waals surface area contributed by atoms with Gasteiger partial charge in [0.2, 0.25) is 0 Å². The van der Waals surface area contributed by atoms with Gasteiger partial charge in [0, 0.05) is 13.2 Å². The molecule has 0 saturated carbocycles. The Bertz CT molecular complexity index is 32.2. The molecule has 0 aromatic carbocycles. The molecule has 0 aliphatic rings. The van der Waals surface area contributed by atoms with Crippen LogP contribution in [0, 0.1) is 0 Å². The highest BCUT2D eigenvalue weighted by atomic mass is 127. The molecule has 0 spiro atoms. The maximum absolute atomic E-state index is 5.13. The van der Waals surface area contributed by atoms with Gasteiger partial charge in [0.15, 0.2) is 5.70 Å². The van der Waals surface area contributed by atoms with Crippen molar-refractivity contribution in [3.8, 4) is 0 Å². The lowest BCUT2D eigenvalue weighted by Gasteiger charge is -1.95. The van der Waals surface area contributed by atoms with Gasteiger partial charge in [-0.05, 0) is 12.8 Å². The molecule has 3 heteroatoms. The highest BCUT2D eigenvalue weighted by molar-refractivity contribution is 14.1. The highest BCUT2D eigenvalue weighted by Crippen LogP contribution is 1.81. The van der Waals surface area contributed by atoms with Crippen molar-refractivity contribution in [3.05, 3.63) is 0 Å². The SMILES string of the molecule is CCCOCCC.[B]I. The Morgan fingerprint density at radius 2 is 1.44 bits per heavy atom. The molecule has 0 aromatic rings. The Balaban J connectivity index is 0. The average Bonchev–Trinajstić information content (AvgIpc) is 1.94. The van der Waals surface area contributed by atoms with Gasteiger partial charge in [0.05, 0.1) is 0 Å². The largest absolute Gasteiger partial charge is 0.381 e. The summed E-state index contributed by atoms with van der Waals surface area (Å²) >= 11 is 1.65. The van der Waals surface area contributed by atoms with E-state index >= 15 is 0 Å². The molecule has 0 rings (SSSR count). The number of rotatable bonds is 4. The van der Waals surface area contributed by atoms with E-state index in [0.29, 0.717) is 0 Å². The fraction of sp³-hybridized carbons (Fsp3) is 1.00. The van der Waals surface area contributed by atoms with Gasteiger partial charge in [0.25, 0.3) is 0 Å². The average molecular weight is 240 g/mol. The lowest BCUT2D eigenvalue weighted by Crippen LogP contribution is -1.92. The first-order valence-corrected chi connectivity index (χ1v) is 4.46. The molecule has 0 unspecified atom stereocenters. The van der Waals surface area contributed by atoms with Crippen molar-refractivity contribution < 1.29 is 4.74 Å². The molecule has 0 atom stereocenters. The van der Waals surface area contributed by atoms with Gasteiger partial charge in [0.1, 0.15) is 0 Å². The van der Waals surface area contributed by atoms with Gasteiger partial charge in [-0.1, -0.05) is 13.8 Å². The Hall–Kier alpha value is 0.755. The van der Waals surface area contributed by atoms with Crippen LogP contribution in [0.2, 0.25) is 0 Å². The normalized spacial score (nSPS) is 7.89. The van der Waals surface area contributed by atoms with E-state index in [4.69, 9.17) is 4.74 Å². The molecule has 0 aromatic heterocycles. The summed E-state index contributed by atoms with van der Waals surface area (Å²) in [6, 6.07) is 0. The van der Waals surface area contributed by atoms with Crippen LogP contribution in [0.3, 0.4) is 0 Å². The minimum absolute atomic E-state index is 0.924. The number of halogens is 1. The monoisotopic (exact) mass is 240 g/mol. The molecule has 0 N–H and O–H groups in total. The van der Waals surface area contributed by atoms with E-state index in [9.17, 15) is 0 Å². The van der Waals surface area contributed by atoms with Crippen LogP contribution in [0.5, 0.6) is 0 Å². The highest BCUT2D eigenvalue weighted by Gasteiger charge is 1.77. The third-order valence-corrected chi connectivity index (χ3v) is 0.697. The van der Waals surface area contributed by atoms with Gasteiger partial charge in [-0.15, -0.1) is 0 Å². The quantitative estimate of drug-likeness (QED) is 0.416. The van der Waals surface area contributed by atoms with E-state index in [0.717, 1.165) is 26.1 Å². The molecule has 0 fully saturated rings. The van der Waals surface area contributed by atoms with Gasteiger partial charge < -0.3 is 4.74 Å². The predicted molar refractivity (Wildman–Crippen MR) is 51.2 cm³/mol. The van der Waals surface area contributed by atoms with Gasteiger partial charge in [-0.2, -0.15) is 22.4 Å². The van der Waals surface area contributed by atoms with Gasteiger partial charge >= 0.3 is 0 Å². The molecule has 0 aliphatic heterocycles. The van der Waals surface area contributed by atoms with E-state index in [2.05, 4.69) is 19.6 Å². The molecule has 1 nitrogen and oxygen atoms in total. The first-order valence-electron chi connectivity index (χ1n) is 3.21. The van der Waals surface area contributed by atoms with Crippen molar-refractivity contribution in [3.63, 3.8) is 0 Å². The second kappa shape index (κ2) is 15.9. The third kappa shape index (κ3) is 17.7. The summed E-state index contributed by atoms with van der Waals surface area (Å²) in [5.41, 5.74) is 4.47. The first-order chi connectivity index (χ1) is 4.41. The molecular weight excluding hydrogens is 226 g/mol. The molecule has 0 saturated heterocycles. The molecular formula is C6H14BIO. The summed E-state index contributed by atoms with van der Waals surface area (Å²) in [6.07, 6.45) is 2.28. The van der Waals surface area contributed by atoms with Crippen LogP contribution in [0.15, 0.2) is 0 Å². The van der Waals surface area contributed by atoms with Crippen LogP contribution < -0.4 is 0 Å². The minimum atomic E-state index is 0.924. The molecule has 0 aliphatic carbocycles. The van der Waals surface area contributed by atoms with Crippen LogP contribution in [0.4, 0.5) is 0 Å². The smallest absolute Gasteiger partial charge is 0.169 e.